The van der Waals surface area contributed by atoms with Crippen molar-refractivity contribution in [3.63, 3.8) is 0 Å². The Morgan fingerprint density at radius 3 is 2.75 bits per heavy atom. The second-order valence-corrected chi connectivity index (χ2v) is 10.3. The number of rotatable bonds is 5. The lowest BCUT2D eigenvalue weighted by Crippen LogP contribution is -2.65. The SMILES string of the molecule is CCC[C@H]1[C@H]2C[C@H](CN(S(=O)(=O)c3cccc(OC)c3)C2)[C@@H]2CCCC(=O)N21. The molecule has 154 valence electrons. The lowest BCUT2D eigenvalue weighted by atomic mass is 9.71. The van der Waals surface area contributed by atoms with Crippen molar-refractivity contribution in [2.24, 2.45) is 11.8 Å². The van der Waals surface area contributed by atoms with E-state index in [0.29, 0.717) is 25.3 Å². The van der Waals surface area contributed by atoms with E-state index in [0.717, 1.165) is 32.1 Å². The number of carbonyl (C=O) groups is 1. The molecular weight excluding hydrogens is 376 g/mol. The molecule has 7 heteroatoms. The zero-order chi connectivity index (χ0) is 19.9. The summed E-state index contributed by atoms with van der Waals surface area (Å²) < 4.78 is 33.6. The molecule has 0 spiro atoms. The van der Waals surface area contributed by atoms with Crippen LogP contribution >= 0.6 is 0 Å². The number of fused-ring (bicyclic) bond motifs is 4. The molecule has 3 fully saturated rings. The van der Waals surface area contributed by atoms with E-state index in [2.05, 4.69) is 11.8 Å². The van der Waals surface area contributed by atoms with E-state index in [1.54, 1.807) is 35.7 Å². The number of methoxy groups -OCH3 is 1. The first kappa shape index (κ1) is 19.7. The van der Waals surface area contributed by atoms with Crippen LogP contribution in [0, 0.1) is 11.8 Å². The van der Waals surface area contributed by atoms with E-state index in [1.807, 2.05) is 0 Å². The predicted octanol–water partition coefficient (Wildman–Crippen LogP) is 2.89. The fourth-order valence-electron chi connectivity index (χ4n) is 5.51. The van der Waals surface area contributed by atoms with Gasteiger partial charge in [-0.15, -0.1) is 0 Å². The molecular formula is C21H30N2O4S. The van der Waals surface area contributed by atoms with Gasteiger partial charge in [0, 0.05) is 37.7 Å². The summed E-state index contributed by atoms with van der Waals surface area (Å²) in [5.41, 5.74) is 0. The molecule has 0 saturated carbocycles. The van der Waals surface area contributed by atoms with Crippen molar-refractivity contribution in [1.29, 1.82) is 0 Å². The molecule has 0 unspecified atom stereocenters. The van der Waals surface area contributed by atoms with Gasteiger partial charge in [-0.3, -0.25) is 4.79 Å². The first-order valence-corrected chi connectivity index (χ1v) is 11.8. The summed E-state index contributed by atoms with van der Waals surface area (Å²) in [4.78, 5) is 15.1. The maximum absolute atomic E-state index is 13.4. The summed E-state index contributed by atoms with van der Waals surface area (Å²) in [5.74, 6) is 1.27. The van der Waals surface area contributed by atoms with Gasteiger partial charge in [0.25, 0.3) is 0 Å². The van der Waals surface area contributed by atoms with Gasteiger partial charge >= 0.3 is 0 Å². The standard InChI is InChI=1S/C21H30N2O4S/c1-3-6-19-15-11-16(20-9-5-10-21(24)23(19)20)14-22(13-15)28(25,26)18-8-4-7-17(12-18)27-2/h4,7-8,12,15-16,19-20H,3,5-6,9-11,13-14H2,1-2H3/t15-,16+,19-,20-/m0/s1. The van der Waals surface area contributed by atoms with Crippen molar-refractivity contribution in [3.8, 4) is 5.75 Å². The quantitative estimate of drug-likeness (QED) is 0.754. The minimum absolute atomic E-state index is 0.169. The van der Waals surface area contributed by atoms with Crippen LogP contribution in [-0.2, 0) is 14.8 Å². The van der Waals surface area contributed by atoms with Crippen LogP contribution in [0.2, 0.25) is 0 Å². The maximum atomic E-state index is 13.4. The van der Waals surface area contributed by atoms with Gasteiger partial charge in [-0.25, -0.2) is 8.42 Å². The molecule has 0 aliphatic carbocycles. The van der Waals surface area contributed by atoms with Crippen molar-refractivity contribution in [2.75, 3.05) is 20.2 Å². The van der Waals surface area contributed by atoms with Gasteiger partial charge in [-0.1, -0.05) is 19.4 Å². The topological polar surface area (TPSA) is 66.9 Å². The van der Waals surface area contributed by atoms with E-state index in [-0.39, 0.29) is 34.7 Å². The zero-order valence-electron chi connectivity index (χ0n) is 16.7. The average molecular weight is 407 g/mol. The van der Waals surface area contributed by atoms with Crippen molar-refractivity contribution >= 4 is 15.9 Å². The van der Waals surface area contributed by atoms with Crippen LogP contribution in [0.4, 0.5) is 0 Å². The minimum atomic E-state index is -3.58. The summed E-state index contributed by atoms with van der Waals surface area (Å²) in [5, 5.41) is 0. The number of ether oxygens (including phenoxy) is 1. The number of benzene rings is 1. The Hall–Kier alpha value is -1.60. The molecule has 2 bridgehead atoms. The molecule has 3 aliphatic heterocycles. The fourth-order valence-corrected chi connectivity index (χ4v) is 7.10. The van der Waals surface area contributed by atoms with Crippen molar-refractivity contribution < 1.29 is 17.9 Å². The van der Waals surface area contributed by atoms with Crippen LogP contribution in [0.15, 0.2) is 29.2 Å². The smallest absolute Gasteiger partial charge is 0.243 e. The molecule has 6 nitrogen and oxygen atoms in total. The molecule has 1 aromatic carbocycles. The van der Waals surface area contributed by atoms with E-state index in [1.165, 1.54) is 0 Å². The van der Waals surface area contributed by atoms with Gasteiger partial charge in [-0.05, 0) is 49.7 Å². The summed E-state index contributed by atoms with van der Waals surface area (Å²) in [6.45, 7) is 3.14. The van der Waals surface area contributed by atoms with Gasteiger partial charge in [0.05, 0.1) is 12.0 Å². The number of amides is 1. The molecule has 3 saturated heterocycles. The normalized spacial score (nSPS) is 30.8. The highest BCUT2D eigenvalue weighted by Crippen LogP contribution is 2.44. The first-order chi connectivity index (χ1) is 13.5. The summed E-state index contributed by atoms with van der Waals surface area (Å²) >= 11 is 0. The number of carbonyl (C=O) groups excluding carboxylic acids is 1. The van der Waals surface area contributed by atoms with Crippen LogP contribution in [-0.4, -0.2) is 55.8 Å². The van der Waals surface area contributed by atoms with Crippen molar-refractivity contribution in [1.82, 2.24) is 9.21 Å². The third kappa shape index (κ3) is 3.32. The second-order valence-electron chi connectivity index (χ2n) is 8.37. The zero-order valence-corrected chi connectivity index (χ0v) is 17.5. The Labute approximate surface area is 167 Å². The van der Waals surface area contributed by atoms with Crippen LogP contribution in [0.1, 0.15) is 45.4 Å². The van der Waals surface area contributed by atoms with Gasteiger partial charge in [-0.2, -0.15) is 4.31 Å². The van der Waals surface area contributed by atoms with Crippen molar-refractivity contribution in [3.05, 3.63) is 24.3 Å². The molecule has 3 heterocycles. The van der Waals surface area contributed by atoms with Crippen LogP contribution in [0.3, 0.4) is 0 Å². The summed E-state index contributed by atoms with van der Waals surface area (Å²) in [6, 6.07) is 7.08. The van der Waals surface area contributed by atoms with Gasteiger partial charge in [0.15, 0.2) is 0 Å². The third-order valence-corrected chi connectivity index (χ3v) is 8.55. The molecule has 1 amide bonds. The summed E-state index contributed by atoms with van der Waals surface area (Å²) in [6.07, 6.45) is 5.54. The number of nitrogens with zero attached hydrogens (tertiary/aromatic N) is 2. The highest BCUT2D eigenvalue weighted by atomic mass is 32.2. The Kier molecular flexibility index (Phi) is 5.40. The fraction of sp³-hybridized carbons (Fsp3) is 0.667. The van der Waals surface area contributed by atoms with Gasteiger partial charge in [0.2, 0.25) is 15.9 Å². The molecule has 4 rings (SSSR count). The summed E-state index contributed by atoms with van der Waals surface area (Å²) in [7, 11) is -2.03. The largest absolute Gasteiger partial charge is 0.497 e. The Bertz CT molecular complexity index is 841. The molecule has 0 radical (unpaired) electrons. The number of hydrogen-bond donors (Lipinski definition) is 0. The predicted molar refractivity (Wildman–Crippen MR) is 107 cm³/mol. The Morgan fingerprint density at radius 1 is 1.21 bits per heavy atom. The molecule has 0 N–H and O–H groups in total. The number of hydrogen-bond acceptors (Lipinski definition) is 4. The lowest BCUT2D eigenvalue weighted by molar-refractivity contribution is -0.151. The number of sulfonamides is 1. The van der Waals surface area contributed by atoms with E-state index in [9.17, 15) is 13.2 Å². The molecule has 3 aliphatic rings. The van der Waals surface area contributed by atoms with E-state index < -0.39 is 10.0 Å². The molecule has 0 aromatic heterocycles. The van der Waals surface area contributed by atoms with Crippen LogP contribution in [0.5, 0.6) is 5.75 Å². The van der Waals surface area contributed by atoms with Crippen LogP contribution < -0.4 is 4.74 Å². The van der Waals surface area contributed by atoms with E-state index >= 15 is 0 Å². The van der Waals surface area contributed by atoms with E-state index in [4.69, 9.17) is 4.74 Å². The molecule has 28 heavy (non-hydrogen) atoms. The highest BCUT2D eigenvalue weighted by molar-refractivity contribution is 7.89. The Morgan fingerprint density at radius 2 is 2.00 bits per heavy atom. The van der Waals surface area contributed by atoms with Gasteiger partial charge in [0.1, 0.15) is 5.75 Å². The van der Waals surface area contributed by atoms with Crippen molar-refractivity contribution in [2.45, 2.75) is 62.4 Å². The highest BCUT2D eigenvalue weighted by Gasteiger charge is 2.50. The minimum Gasteiger partial charge on any atom is -0.497 e. The monoisotopic (exact) mass is 406 g/mol. The molecule has 1 aromatic rings. The van der Waals surface area contributed by atoms with Gasteiger partial charge < -0.3 is 9.64 Å². The van der Waals surface area contributed by atoms with Crippen LogP contribution in [0.25, 0.3) is 0 Å². The lowest BCUT2D eigenvalue weighted by Gasteiger charge is -2.56. The molecule has 4 atom stereocenters. The maximum Gasteiger partial charge on any atom is 0.243 e. The third-order valence-electron chi connectivity index (χ3n) is 6.73. The Balaban J connectivity index is 1.65. The second kappa shape index (κ2) is 7.67. The first-order valence-electron chi connectivity index (χ1n) is 10.4. The number of piperidine rings is 3. The average Bonchev–Trinajstić information content (AvgIpc) is 2.71.